The molecular formula is C12H10BrF2NO. The molecule has 1 unspecified atom stereocenters. The molecule has 1 heterocycles. The van der Waals surface area contributed by atoms with E-state index in [1.54, 1.807) is 6.07 Å². The van der Waals surface area contributed by atoms with Crippen LogP contribution in [0, 0.1) is 17.6 Å². The average molecular weight is 302 g/mol. The Hall–Kier alpha value is -0.940. The predicted molar refractivity (Wildman–Crippen MR) is 63.5 cm³/mol. The minimum absolute atomic E-state index is 0.0667. The topological polar surface area (TPSA) is 39.2 Å². The van der Waals surface area contributed by atoms with Crippen LogP contribution in [0.15, 0.2) is 21.0 Å². The summed E-state index contributed by atoms with van der Waals surface area (Å²) < 4.78 is 32.6. The predicted octanol–water partition coefficient (Wildman–Crippen LogP) is 3.88. The first-order valence-corrected chi connectivity index (χ1v) is 6.19. The summed E-state index contributed by atoms with van der Waals surface area (Å²) in [6.07, 6.45) is 2.13. The third kappa shape index (κ3) is 1.77. The van der Waals surface area contributed by atoms with E-state index >= 15 is 0 Å². The van der Waals surface area contributed by atoms with E-state index in [2.05, 4.69) is 15.9 Å². The van der Waals surface area contributed by atoms with Gasteiger partial charge < -0.3 is 10.2 Å². The summed E-state index contributed by atoms with van der Waals surface area (Å²) in [5.41, 5.74) is 5.91. The lowest BCUT2D eigenvalue weighted by Gasteiger charge is -2.04. The van der Waals surface area contributed by atoms with Crippen LogP contribution in [-0.4, -0.2) is 0 Å². The fraction of sp³-hybridized carbons (Fsp3) is 0.333. The van der Waals surface area contributed by atoms with E-state index < -0.39 is 11.6 Å². The van der Waals surface area contributed by atoms with Gasteiger partial charge in [-0.3, -0.25) is 0 Å². The maximum atomic E-state index is 13.5. The molecule has 0 aliphatic heterocycles. The molecule has 1 aromatic heterocycles. The summed E-state index contributed by atoms with van der Waals surface area (Å²) in [6, 6.07) is 2.56. The average Bonchev–Trinajstić information content (AvgIpc) is 3.03. The Kier molecular flexibility index (Phi) is 2.48. The highest BCUT2D eigenvalue weighted by Crippen LogP contribution is 2.42. The van der Waals surface area contributed by atoms with Crippen molar-refractivity contribution in [1.82, 2.24) is 0 Å². The van der Waals surface area contributed by atoms with Gasteiger partial charge in [0.1, 0.15) is 5.76 Å². The third-order valence-corrected chi connectivity index (χ3v) is 3.79. The maximum absolute atomic E-state index is 13.5. The number of benzene rings is 1. The number of furan rings is 1. The Morgan fingerprint density at radius 3 is 2.71 bits per heavy atom. The Bertz CT molecular complexity index is 592. The lowest BCUT2D eigenvalue weighted by atomic mass is 10.1. The zero-order valence-electron chi connectivity index (χ0n) is 8.84. The highest BCUT2D eigenvalue weighted by atomic mass is 79.9. The normalized spacial score (nSPS) is 17.6. The van der Waals surface area contributed by atoms with Gasteiger partial charge in [-0.25, -0.2) is 4.39 Å². The van der Waals surface area contributed by atoms with Crippen molar-refractivity contribution in [2.75, 3.05) is 0 Å². The largest absolute Gasteiger partial charge is 0.456 e. The molecule has 2 aromatic rings. The van der Waals surface area contributed by atoms with Gasteiger partial charge >= 0.3 is 0 Å². The number of hydrogen-bond donors (Lipinski definition) is 1. The summed E-state index contributed by atoms with van der Waals surface area (Å²) in [5, 5.41) is 0.523. The van der Waals surface area contributed by atoms with Gasteiger partial charge in [0.2, 0.25) is 5.82 Å². The second-order valence-corrected chi connectivity index (χ2v) is 5.26. The molecule has 1 aromatic carbocycles. The van der Waals surface area contributed by atoms with Gasteiger partial charge in [0.15, 0.2) is 11.4 Å². The minimum atomic E-state index is -0.961. The fourth-order valence-electron chi connectivity index (χ4n) is 1.96. The van der Waals surface area contributed by atoms with Gasteiger partial charge in [-0.2, -0.15) is 4.39 Å². The fourth-order valence-corrected chi connectivity index (χ4v) is 2.46. The molecule has 0 amide bonds. The summed E-state index contributed by atoms with van der Waals surface area (Å²) in [4.78, 5) is 0. The van der Waals surface area contributed by atoms with Gasteiger partial charge in [0, 0.05) is 9.86 Å². The molecule has 1 saturated carbocycles. The summed E-state index contributed by atoms with van der Waals surface area (Å²) >= 11 is 3.19. The third-order valence-electron chi connectivity index (χ3n) is 3.13. The van der Waals surface area contributed by atoms with Crippen LogP contribution >= 0.6 is 15.9 Å². The number of halogens is 3. The Labute approximate surface area is 105 Å². The Balaban J connectivity index is 2.17. The van der Waals surface area contributed by atoms with Crippen molar-refractivity contribution in [1.29, 1.82) is 0 Å². The van der Waals surface area contributed by atoms with Crippen molar-refractivity contribution >= 4 is 26.9 Å². The molecule has 90 valence electrons. The zero-order chi connectivity index (χ0) is 12.2. The first kappa shape index (κ1) is 11.2. The number of rotatable bonds is 2. The molecular weight excluding hydrogens is 292 g/mol. The van der Waals surface area contributed by atoms with Crippen LogP contribution in [-0.2, 0) is 0 Å². The van der Waals surface area contributed by atoms with Crippen molar-refractivity contribution in [3.63, 3.8) is 0 Å². The Morgan fingerprint density at radius 1 is 1.35 bits per heavy atom. The van der Waals surface area contributed by atoms with Gasteiger partial charge in [-0.1, -0.05) is 0 Å². The van der Waals surface area contributed by atoms with Crippen molar-refractivity contribution < 1.29 is 13.2 Å². The van der Waals surface area contributed by atoms with Crippen LogP contribution in [0.5, 0.6) is 0 Å². The van der Waals surface area contributed by atoms with Crippen LogP contribution in [0.4, 0.5) is 8.78 Å². The SMILES string of the molecule is NC(c1cc2c(Br)cc(F)c(F)c2o1)C1CC1. The molecule has 0 bridgehead atoms. The second kappa shape index (κ2) is 3.78. The first-order valence-electron chi connectivity index (χ1n) is 5.40. The van der Waals surface area contributed by atoms with Crippen molar-refractivity contribution in [2.24, 2.45) is 11.7 Å². The molecule has 1 aliphatic rings. The number of fused-ring (bicyclic) bond motifs is 1. The smallest absolute Gasteiger partial charge is 0.201 e. The van der Waals surface area contributed by atoms with Gasteiger partial charge in [-0.05, 0) is 46.8 Å². The van der Waals surface area contributed by atoms with E-state index in [4.69, 9.17) is 10.2 Å². The number of nitrogens with two attached hydrogens (primary N) is 1. The molecule has 1 fully saturated rings. The molecule has 0 saturated heterocycles. The standard InChI is InChI=1S/C12H10BrF2NO/c13-7-4-8(14)10(15)12-6(7)3-9(17-12)11(16)5-1-2-5/h3-5,11H,1-2,16H2. The van der Waals surface area contributed by atoms with Crippen LogP contribution < -0.4 is 5.73 Å². The van der Waals surface area contributed by atoms with E-state index in [-0.39, 0.29) is 11.6 Å². The molecule has 0 spiro atoms. The number of hydrogen-bond acceptors (Lipinski definition) is 2. The molecule has 2 nitrogen and oxygen atoms in total. The highest BCUT2D eigenvalue weighted by Gasteiger charge is 2.32. The molecule has 5 heteroatoms. The summed E-state index contributed by atoms with van der Waals surface area (Å²) in [7, 11) is 0. The Morgan fingerprint density at radius 2 is 2.06 bits per heavy atom. The summed E-state index contributed by atoms with van der Waals surface area (Å²) in [5.74, 6) is -0.960. The lowest BCUT2D eigenvalue weighted by Crippen LogP contribution is -2.10. The monoisotopic (exact) mass is 301 g/mol. The van der Waals surface area contributed by atoms with Crippen molar-refractivity contribution in [3.8, 4) is 0 Å². The molecule has 2 N–H and O–H groups in total. The second-order valence-electron chi connectivity index (χ2n) is 4.41. The molecule has 3 rings (SSSR count). The van der Waals surface area contributed by atoms with Crippen molar-refractivity contribution in [3.05, 3.63) is 34.0 Å². The van der Waals surface area contributed by atoms with E-state index in [1.165, 1.54) is 0 Å². The molecule has 1 aliphatic carbocycles. The zero-order valence-corrected chi connectivity index (χ0v) is 10.4. The van der Waals surface area contributed by atoms with Gasteiger partial charge in [0.25, 0.3) is 0 Å². The maximum Gasteiger partial charge on any atom is 0.201 e. The van der Waals surface area contributed by atoms with Crippen molar-refractivity contribution in [2.45, 2.75) is 18.9 Å². The van der Waals surface area contributed by atoms with Crippen LogP contribution in [0.2, 0.25) is 0 Å². The van der Waals surface area contributed by atoms with Gasteiger partial charge in [-0.15, -0.1) is 0 Å². The highest BCUT2D eigenvalue weighted by molar-refractivity contribution is 9.10. The van der Waals surface area contributed by atoms with Gasteiger partial charge in [0.05, 0.1) is 6.04 Å². The van der Waals surface area contributed by atoms with Crippen LogP contribution in [0.3, 0.4) is 0 Å². The quantitative estimate of drug-likeness (QED) is 0.855. The minimum Gasteiger partial charge on any atom is -0.456 e. The van der Waals surface area contributed by atoms with E-state index in [1.807, 2.05) is 0 Å². The van der Waals surface area contributed by atoms with Crippen LogP contribution in [0.1, 0.15) is 24.6 Å². The van der Waals surface area contributed by atoms with E-state index in [0.717, 1.165) is 18.9 Å². The van der Waals surface area contributed by atoms with Crippen LogP contribution in [0.25, 0.3) is 11.0 Å². The molecule has 0 radical (unpaired) electrons. The van der Waals surface area contributed by atoms with E-state index in [0.29, 0.717) is 21.5 Å². The van der Waals surface area contributed by atoms with E-state index in [9.17, 15) is 8.78 Å². The first-order chi connectivity index (χ1) is 8.08. The summed E-state index contributed by atoms with van der Waals surface area (Å²) in [6.45, 7) is 0. The lowest BCUT2D eigenvalue weighted by molar-refractivity contribution is 0.443. The molecule has 17 heavy (non-hydrogen) atoms. The molecule has 1 atom stereocenters.